The molecule has 0 radical (unpaired) electrons. The summed E-state index contributed by atoms with van der Waals surface area (Å²) in [6.07, 6.45) is -1.11. The Balaban J connectivity index is 3.01. The third-order valence-electron chi connectivity index (χ3n) is 2.29. The minimum Gasteiger partial charge on any atom is -0.314 e. The Kier molecular flexibility index (Phi) is 4.12. The van der Waals surface area contributed by atoms with Crippen LogP contribution in [0.2, 0.25) is 0 Å². The summed E-state index contributed by atoms with van der Waals surface area (Å²) in [4.78, 5) is 0. The summed E-state index contributed by atoms with van der Waals surface area (Å²) in [6, 6.07) is 5.58. The molecule has 0 aliphatic carbocycles. The molecule has 0 heterocycles. The van der Waals surface area contributed by atoms with E-state index < -0.39 is 11.7 Å². The highest BCUT2D eigenvalue weighted by molar-refractivity contribution is 5.55. The van der Waals surface area contributed by atoms with Crippen LogP contribution in [0.15, 0.2) is 30.3 Å². The maximum Gasteiger partial charge on any atom is 0.416 e. The van der Waals surface area contributed by atoms with E-state index in [0.717, 1.165) is 6.07 Å². The van der Waals surface area contributed by atoms with Gasteiger partial charge in [-0.1, -0.05) is 30.4 Å². The molecule has 1 atom stereocenters. The van der Waals surface area contributed by atoms with Gasteiger partial charge in [0.05, 0.1) is 5.56 Å². The smallest absolute Gasteiger partial charge is 0.314 e. The lowest BCUT2D eigenvalue weighted by molar-refractivity contribution is -0.137. The summed E-state index contributed by atoms with van der Waals surface area (Å²) in [5.74, 6) is 0. The second-order valence-corrected chi connectivity index (χ2v) is 3.52. The highest BCUT2D eigenvalue weighted by Crippen LogP contribution is 2.32. The molecule has 1 N–H and O–H groups in total. The summed E-state index contributed by atoms with van der Waals surface area (Å²) in [6.45, 7) is 1.87. The second-order valence-electron chi connectivity index (χ2n) is 3.52. The van der Waals surface area contributed by atoms with Gasteiger partial charge in [-0.05, 0) is 25.6 Å². The third-order valence-corrected chi connectivity index (χ3v) is 2.29. The van der Waals surface area contributed by atoms with Gasteiger partial charge in [0.25, 0.3) is 0 Å². The molecule has 1 nitrogen and oxygen atoms in total. The molecule has 88 valence electrons. The van der Waals surface area contributed by atoms with Crippen molar-refractivity contribution in [1.29, 1.82) is 0 Å². The van der Waals surface area contributed by atoms with Crippen LogP contribution in [-0.2, 0) is 6.18 Å². The first-order chi connectivity index (χ1) is 7.45. The first-order valence-corrected chi connectivity index (χ1v) is 4.97. The molecule has 0 aliphatic rings. The van der Waals surface area contributed by atoms with Gasteiger partial charge in [0, 0.05) is 6.04 Å². The van der Waals surface area contributed by atoms with Crippen LogP contribution in [0.5, 0.6) is 0 Å². The normalized spacial score (nSPS) is 14.3. The lowest BCUT2D eigenvalue weighted by Crippen LogP contribution is -2.17. The Hall–Kier alpha value is -1.29. The topological polar surface area (TPSA) is 12.0 Å². The Morgan fingerprint density at radius 2 is 1.88 bits per heavy atom. The first-order valence-electron chi connectivity index (χ1n) is 4.97. The average molecular weight is 229 g/mol. The van der Waals surface area contributed by atoms with Crippen LogP contribution < -0.4 is 5.32 Å². The van der Waals surface area contributed by atoms with Gasteiger partial charge in [0.1, 0.15) is 0 Å². The highest BCUT2D eigenvalue weighted by Gasteiger charge is 2.32. The van der Waals surface area contributed by atoms with E-state index >= 15 is 0 Å². The van der Waals surface area contributed by atoms with Crippen molar-refractivity contribution in [1.82, 2.24) is 5.32 Å². The largest absolute Gasteiger partial charge is 0.416 e. The van der Waals surface area contributed by atoms with Gasteiger partial charge in [-0.25, -0.2) is 0 Å². The fourth-order valence-corrected chi connectivity index (χ4v) is 1.24. The molecule has 0 amide bonds. The summed E-state index contributed by atoms with van der Waals surface area (Å²) in [7, 11) is 1.75. The third kappa shape index (κ3) is 3.38. The number of benzene rings is 1. The summed E-state index contributed by atoms with van der Waals surface area (Å²) >= 11 is 0. The first kappa shape index (κ1) is 12.8. The van der Waals surface area contributed by atoms with Gasteiger partial charge in [-0.3, -0.25) is 0 Å². The van der Waals surface area contributed by atoms with Gasteiger partial charge < -0.3 is 5.32 Å². The van der Waals surface area contributed by atoms with Crippen molar-refractivity contribution < 1.29 is 13.2 Å². The standard InChI is InChI=1S/C12H14F3N/c1-9(16-2)7-8-10-5-3-4-6-11(10)12(13,14)15/h3-9,16H,1-2H3. The number of likely N-dealkylation sites (N-methyl/N-ethyl adjacent to an activating group) is 1. The Morgan fingerprint density at radius 1 is 1.25 bits per heavy atom. The van der Waals surface area contributed by atoms with E-state index in [1.54, 1.807) is 19.2 Å². The second kappa shape index (κ2) is 5.16. The van der Waals surface area contributed by atoms with E-state index in [1.807, 2.05) is 6.92 Å². The van der Waals surface area contributed by atoms with E-state index in [1.165, 1.54) is 18.2 Å². The molecule has 1 unspecified atom stereocenters. The Bertz CT molecular complexity index is 369. The van der Waals surface area contributed by atoms with Crippen molar-refractivity contribution >= 4 is 6.08 Å². The van der Waals surface area contributed by atoms with Crippen molar-refractivity contribution in [2.24, 2.45) is 0 Å². The molecular weight excluding hydrogens is 215 g/mol. The van der Waals surface area contributed by atoms with Crippen LogP contribution in [0.25, 0.3) is 6.08 Å². The average Bonchev–Trinajstić information content (AvgIpc) is 2.25. The van der Waals surface area contributed by atoms with Crippen LogP contribution in [0, 0.1) is 0 Å². The van der Waals surface area contributed by atoms with Crippen molar-refractivity contribution in [3.63, 3.8) is 0 Å². The number of rotatable bonds is 3. The van der Waals surface area contributed by atoms with E-state index in [4.69, 9.17) is 0 Å². The van der Waals surface area contributed by atoms with Gasteiger partial charge in [-0.2, -0.15) is 13.2 Å². The molecule has 0 aliphatic heterocycles. The SMILES string of the molecule is CNC(C)C=Cc1ccccc1C(F)(F)F. The summed E-state index contributed by atoms with van der Waals surface area (Å²) in [5.41, 5.74) is -0.411. The van der Waals surface area contributed by atoms with Crippen LogP contribution in [0.4, 0.5) is 13.2 Å². The van der Waals surface area contributed by atoms with E-state index in [-0.39, 0.29) is 11.6 Å². The van der Waals surface area contributed by atoms with Gasteiger partial charge in [0.15, 0.2) is 0 Å². The maximum atomic E-state index is 12.6. The molecule has 16 heavy (non-hydrogen) atoms. The maximum absolute atomic E-state index is 12.6. The summed E-state index contributed by atoms with van der Waals surface area (Å²) < 4.78 is 37.8. The molecule has 0 spiro atoms. The van der Waals surface area contributed by atoms with Crippen molar-refractivity contribution in [2.75, 3.05) is 7.05 Å². The molecule has 0 aromatic heterocycles. The molecule has 0 saturated carbocycles. The van der Waals surface area contributed by atoms with Crippen LogP contribution in [0.1, 0.15) is 18.1 Å². The van der Waals surface area contributed by atoms with Gasteiger partial charge in [-0.15, -0.1) is 0 Å². The number of hydrogen-bond donors (Lipinski definition) is 1. The number of nitrogens with one attached hydrogen (secondary N) is 1. The predicted octanol–water partition coefficient (Wildman–Crippen LogP) is 3.33. The Morgan fingerprint density at radius 3 is 2.44 bits per heavy atom. The van der Waals surface area contributed by atoms with Crippen LogP contribution in [0.3, 0.4) is 0 Å². The zero-order valence-electron chi connectivity index (χ0n) is 9.18. The molecule has 0 fully saturated rings. The van der Waals surface area contributed by atoms with Crippen molar-refractivity contribution in [3.05, 3.63) is 41.5 Å². The molecule has 4 heteroatoms. The van der Waals surface area contributed by atoms with Gasteiger partial charge in [0.2, 0.25) is 0 Å². The van der Waals surface area contributed by atoms with Crippen LogP contribution >= 0.6 is 0 Å². The zero-order valence-corrected chi connectivity index (χ0v) is 9.18. The minimum atomic E-state index is -4.30. The van der Waals surface area contributed by atoms with Crippen molar-refractivity contribution in [3.8, 4) is 0 Å². The van der Waals surface area contributed by atoms with E-state index in [2.05, 4.69) is 5.32 Å². The molecule has 1 aromatic carbocycles. The fourth-order valence-electron chi connectivity index (χ4n) is 1.24. The highest BCUT2D eigenvalue weighted by atomic mass is 19.4. The van der Waals surface area contributed by atoms with Crippen molar-refractivity contribution in [2.45, 2.75) is 19.1 Å². The molecule has 0 bridgehead atoms. The molecule has 0 saturated heterocycles. The fraction of sp³-hybridized carbons (Fsp3) is 0.333. The quantitative estimate of drug-likeness (QED) is 0.838. The number of alkyl halides is 3. The molecule has 1 aromatic rings. The van der Waals surface area contributed by atoms with Crippen LogP contribution in [-0.4, -0.2) is 13.1 Å². The molecular formula is C12H14F3N. The van der Waals surface area contributed by atoms with E-state index in [9.17, 15) is 13.2 Å². The lowest BCUT2D eigenvalue weighted by atomic mass is 10.1. The Labute approximate surface area is 93.0 Å². The zero-order chi connectivity index (χ0) is 12.2. The number of halogens is 3. The monoisotopic (exact) mass is 229 g/mol. The molecule has 1 rings (SSSR count). The lowest BCUT2D eigenvalue weighted by Gasteiger charge is -2.10. The summed E-state index contributed by atoms with van der Waals surface area (Å²) in [5, 5.41) is 2.93. The predicted molar refractivity (Wildman–Crippen MR) is 59.0 cm³/mol. The number of hydrogen-bond acceptors (Lipinski definition) is 1. The van der Waals surface area contributed by atoms with E-state index in [0.29, 0.717) is 0 Å². The van der Waals surface area contributed by atoms with Gasteiger partial charge >= 0.3 is 6.18 Å². The minimum absolute atomic E-state index is 0.0429.